The quantitative estimate of drug-likeness (QED) is 0.582. The van der Waals surface area contributed by atoms with Crippen molar-refractivity contribution >= 4 is 12.3 Å². The molecule has 2 aliphatic heterocycles. The highest BCUT2D eigenvalue weighted by Gasteiger charge is 2.34. The molecule has 4 heterocycles. The van der Waals surface area contributed by atoms with Crippen LogP contribution in [0.4, 0.5) is 9.18 Å². The molecule has 1 fully saturated rings. The van der Waals surface area contributed by atoms with E-state index in [1.165, 1.54) is 6.20 Å². The molecule has 31 heavy (non-hydrogen) atoms. The van der Waals surface area contributed by atoms with Gasteiger partial charge in [-0.05, 0) is 49.4 Å². The Hall–Kier alpha value is -3.27. The van der Waals surface area contributed by atoms with Crippen molar-refractivity contribution in [2.24, 2.45) is 10.9 Å². The molecule has 2 aromatic rings. The Kier molecular flexibility index (Phi) is 5.37. The summed E-state index contributed by atoms with van der Waals surface area (Å²) >= 11 is 0. The van der Waals surface area contributed by atoms with E-state index in [-0.39, 0.29) is 18.0 Å². The van der Waals surface area contributed by atoms with Crippen molar-refractivity contribution < 1.29 is 13.9 Å². The van der Waals surface area contributed by atoms with Crippen molar-refractivity contribution in [1.29, 1.82) is 0 Å². The van der Waals surface area contributed by atoms with Gasteiger partial charge in [-0.1, -0.05) is 0 Å². The number of aromatic amines is 1. The molecule has 0 radical (unpaired) electrons. The molecular formula is C21H24FN7O2. The highest BCUT2D eigenvalue weighted by molar-refractivity contribution is 5.73. The van der Waals surface area contributed by atoms with E-state index in [0.717, 1.165) is 35.3 Å². The summed E-state index contributed by atoms with van der Waals surface area (Å²) in [5.74, 6) is 0.645. The Morgan fingerprint density at radius 2 is 2.19 bits per heavy atom. The molecule has 3 aliphatic rings. The van der Waals surface area contributed by atoms with Crippen LogP contribution in [-0.2, 0) is 17.6 Å². The van der Waals surface area contributed by atoms with Crippen LogP contribution in [0.5, 0.6) is 0 Å². The van der Waals surface area contributed by atoms with Gasteiger partial charge in [-0.3, -0.25) is 15.0 Å². The highest BCUT2D eigenvalue weighted by atomic mass is 19.1. The maximum atomic E-state index is 14.3. The van der Waals surface area contributed by atoms with E-state index in [1.807, 2.05) is 0 Å². The minimum atomic E-state index is -0.363. The lowest BCUT2D eigenvalue weighted by molar-refractivity contribution is 0.130. The average molecular weight is 425 g/mol. The number of carbonyl (C=O) groups excluding carboxylic acids is 1. The third-order valence-electron chi connectivity index (χ3n) is 5.89. The molecule has 5 rings (SSSR count). The zero-order valence-corrected chi connectivity index (χ0v) is 17.0. The van der Waals surface area contributed by atoms with Gasteiger partial charge in [0.15, 0.2) is 5.82 Å². The molecule has 1 aliphatic carbocycles. The molecule has 3 N–H and O–H groups in total. The summed E-state index contributed by atoms with van der Waals surface area (Å²) in [6.45, 7) is 2.64. The lowest BCUT2D eigenvalue weighted by Crippen LogP contribution is -2.29. The largest absolute Gasteiger partial charge is 0.444 e. The first-order valence-electron chi connectivity index (χ1n) is 10.5. The van der Waals surface area contributed by atoms with Crippen LogP contribution in [0.1, 0.15) is 17.5 Å². The van der Waals surface area contributed by atoms with Gasteiger partial charge in [-0.25, -0.2) is 14.2 Å². The number of nitrogens with zero attached hydrogens (tertiary/aromatic N) is 4. The van der Waals surface area contributed by atoms with E-state index in [4.69, 9.17) is 4.74 Å². The molecule has 1 amide bonds. The Morgan fingerprint density at radius 3 is 3.00 bits per heavy atom. The van der Waals surface area contributed by atoms with Crippen molar-refractivity contribution in [3.63, 3.8) is 0 Å². The lowest BCUT2D eigenvalue weighted by atomic mass is 10.0. The normalized spacial score (nSPS) is 22.3. The molecule has 0 spiro atoms. The number of halogens is 1. The zero-order valence-electron chi connectivity index (χ0n) is 17.0. The zero-order chi connectivity index (χ0) is 21.2. The minimum Gasteiger partial charge on any atom is -0.444 e. The molecule has 10 heteroatoms. The fourth-order valence-electron chi connectivity index (χ4n) is 4.38. The van der Waals surface area contributed by atoms with Crippen molar-refractivity contribution in [2.75, 3.05) is 26.2 Å². The van der Waals surface area contributed by atoms with Gasteiger partial charge in [0.1, 0.15) is 11.9 Å². The van der Waals surface area contributed by atoms with Crippen LogP contribution in [0.15, 0.2) is 35.6 Å². The molecule has 0 aromatic carbocycles. The molecule has 2 aromatic heterocycles. The van der Waals surface area contributed by atoms with Crippen LogP contribution >= 0.6 is 0 Å². The van der Waals surface area contributed by atoms with E-state index >= 15 is 0 Å². The van der Waals surface area contributed by atoms with E-state index in [2.05, 4.69) is 30.8 Å². The number of cyclic esters (lactones) is 1. The van der Waals surface area contributed by atoms with E-state index in [1.54, 1.807) is 29.7 Å². The SMILES string of the molecule is O=C1OC(CCNCC2Cc3c(F)cnc(-c4cn[nH]c4)c3C2)CN1C1=CNCC=N1. The topological polar surface area (TPSA) is 108 Å². The smallest absolute Gasteiger partial charge is 0.415 e. The Labute approximate surface area is 178 Å². The summed E-state index contributed by atoms with van der Waals surface area (Å²) < 4.78 is 19.8. The molecule has 0 bridgehead atoms. The van der Waals surface area contributed by atoms with Crippen molar-refractivity contribution in [3.05, 3.63) is 47.6 Å². The molecule has 162 valence electrons. The van der Waals surface area contributed by atoms with E-state index in [0.29, 0.717) is 44.2 Å². The third kappa shape index (κ3) is 4.02. The van der Waals surface area contributed by atoms with Gasteiger partial charge in [-0.15, -0.1) is 0 Å². The Morgan fingerprint density at radius 1 is 1.29 bits per heavy atom. The number of amides is 1. The van der Waals surface area contributed by atoms with Crippen molar-refractivity contribution in [2.45, 2.75) is 25.4 Å². The maximum Gasteiger partial charge on any atom is 0.415 e. The molecule has 1 saturated heterocycles. The summed E-state index contributed by atoms with van der Waals surface area (Å²) in [4.78, 5) is 22.2. The van der Waals surface area contributed by atoms with Crippen molar-refractivity contribution in [3.8, 4) is 11.3 Å². The molecule has 2 unspecified atom stereocenters. The third-order valence-corrected chi connectivity index (χ3v) is 5.89. The number of pyridine rings is 1. The van der Waals surface area contributed by atoms with Crippen LogP contribution in [0.2, 0.25) is 0 Å². The van der Waals surface area contributed by atoms with Gasteiger partial charge in [0.05, 0.1) is 24.6 Å². The summed E-state index contributed by atoms with van der Waals surface area (Å²) in [5, 5.41) is 13.3. The van der Waals surface area contributed by atoms with E-state index < -0.39 is 0 Å². The van der Waals surface area contributed by atoms with Gasteiger partial charge in [0.2, 0.25) is 0 Å². The first kappa shape index (κ1) is 19.7. The number of nitrogens with one attached hydrogen (secondary N) is 3. The van der Waals surface area contributed by atoms with Crippen LogP contribution < -0.4 is 10.6 Å². The van der Waals surface area contributed by atoms with E-state index in [9.17, 15) is 9.18 Å². The van der Waals surface area contributed by atoms with Gasteiger partial charge in [0, 0.05) is 30.7 Å². The number of hydrogen-bond acceptors (Lipinski definition) is 7. The Balaban J connectivity index is 1.12. The molecule has 9 nitrogen and oxygen atoms in total. The van der Waals surface area contributed by atoms with Gasteiger partial charge < -0.3 is 15.4 Å². The highest BCUT2D eigenvalue weighted by Crippen LogP contribution is 2.34. The predicted octanol–water partition coefficient (Wildman–Crippen LogP) is 1.60. The number of ether oxygens (including phenoxy) is 1. The number of carbonyl (C=O) groups is 1. The van der Waals surface area contributed by atoms with Gasteiger partial charge in [-0.2, -0.15) is 5.10 Å². The van der Waals surface area contributed by atoms with Crippen molar-refractivity contribution in [1.82, 2.24) is 30.7 Å². The van der Waals surface area contributed by atoms with Gasteiger partial charge >= 0.3 is 6.09 Å². The summed E-state index contributed by atoms with van der Waals surface area (Å²) in [6, 6.07) is 0. The Bertz CT molecular complexity index is 1020. The summed E-state index contributed by atoms with van der Waals surface area (Å²) in [7, 11) is 0. The first-order valence-corrected chi connectivity index (χ1v) is 10.5. The molecule has 0 saturated carbocycles. The second kappa shape index (κ2) is 8.46. The fraction of sp³-hybridized carbons (Fsp3) is 0.429. The minimum absolute atomic E-state index is 0.173. The van der Waals surface area contributed by atoms with Crippen LogP contribution in [0, 0.1) is 11.7 Å². The molecule has 2 atom stereocenters. The fourth-order valence-corrected chi connectivity index (χ4v) is 4.38. The number of rotatable bonds is 7. The lowest BCUT2D eigenvalue weighted by Gasteiger charge is -2.16. The van der Waals surface area contributed by atoms with Crippen LogP contribution in [-0.4, -0.2) is 64.7 Å². The maximum absolute atomic E-state index is 14.3. The number of aliphatic imine (C=N–C) groups is 1. The van der Waals surface area contributed by atoms with Gasteiger partial charge in [0.25, 0.3) is 0 Å². The number of fused-ring (bicyclic) bond motifs is 1. The number of H-pyrrole nitrogens is 1. The standard InChI is InChI=1S/C21H24FN7O2/c22-18-10-26-20(14-8-27-28-9-14)17-6-13(5-16(17)18)7-23-2-1-15-12-29(21(30)31-15)19-11-24-3-4-25-19/h4,8-11,13,15,23-24H,1-3,5-7,12H2,(H,27,28). The summed E-state index contributed by atoms with van der Waals surface area (Å²) in [6.07, 6.45) is 9.89. The van der Waals surface area contributed by atoms with Crippen LogP contribution in [0.25, 0.3) is 11.3 Å². The summed E-state index contributed by atoms with van der Waals surface area (Å²) in [5.41, 5.74) is 3.42. The first-order chi connectivity index (χ1) is 15.2. The predicted molar refractivity (Wildman–Crippen MR) is 112 cm³/mol. The second-order valence-corrected chi connectivity index (χ2v) is 8.00. The van der Waals surface area contributed by atoms with Crippen LogP contribution in [0.3, 0.4) is 0 Å². The second-order valence-electron chi connectivity index (χ2n) is 8.00. The number of hydrogen-bond donors (Lipinski definition) is 3. The number of aromatic nitrogens is 3. The molecular weight excluding hydrogens is 401 g/mol. The average Bonchev–Trinajstić information content (AvgIpc) is 3.53. The monoisotopic (exact) mass is 425 g/mol.